The number of carbonyl (C=O) groups excluding carboxylic acids is 4. The molecule has 3 saturated carbocycles. The molecule has 2 bridgehead atoms. The quantitative estimate of drug-likeness (QED) is 0.131. The Hall–Kier alpha value is -4.56. The van der Waals surface area contributed by atoms with Gasteiger partial charge in [-0.2, -0.15) is 0 Å². The number of esters is 1. The normalized spacial score (nSPS) is 24.8. The Balaban J connectivity index is 1.21. The number of nitrogens with zero attached hydrogens (tertiary/aromatic N) is 2. The van der Waals surface area contributed by atoms with Crippen LogP contribution in [-0.4, -0.2) is 98.9 Å². The van der Waals surface area contributed by atoms with Crippen LogP contribution >= 0.6 is 11.3 Å². The van der Waals surface area contributed by atoms with Crippen LogP contribution in [0.4, 0.5) is 9.93 Å². The predicted molar refractivity (Wildman–Crippen MR) is 236 cm³/mol. The number of aromatic nitrogens is 1. The van der Waals surface area contributed by atoms with Crippen LogP contribution in [0, 0.1) is 28.6 Å². The summed E-state index contributed by atoms with van der Waals surface area (Å²) in [6.45, 7) is 12.1. The number of nitrogens with one attached hydrogen (secondary N) is 3. The minimum Gasteiger partial charge on any atom is -0.496 e. The summed E-state index contributed by atoms with van der Waals surface area (Å²) in [6.07, 6.45) is 2.26. The van der Waals surface area contributed by atoms with Crippen LogP contribution in [0.3, 0.4) is 0 Å². The molecule has 16 nitrogen and oxygen atoms in total. The summed E-state index contributed by atoms with van der Waals surface area (Å²) in [6, 6.07) is 14.4. The van der Waals surface area contributed by atoms with Gasteiger partial charge in [0.25, 0.3) is 0 Å². The largest absolute Gasteiger partial charge is 0.496 e. The van der Waals surface area contributed by atoms with Gasteiger partial charge in [0.2, 0.25) is 21.8 Å². The summed E-state index contributed by atoms with van der Waals surface area (Å²) in [5, 5.41) is 10.4. The van der Waals surface area contributed by atoms with Gasteiger partial charge in [0.15, 0.2) is 11.2 Å². The van der Waals surface area contributed by atoms with Gasteiger partial charge in [-0.15, -0.1) is 11.3 Å². The highest BCUT2D eigenvalue weighted by Gasteiger charge is 2.72. The highest BCUT2D eigenvalue weighted by Crippen LogP contribution is 2.66. The second-order valence-electron chi connectivity index (χ2n) is 18.9. The molecule has 3 aliphatic carbocycles. The molecule has 2 aliphatic heterocycles. The fourth-order valence-electron chi connectivity index (χ4n) is 9.67. The highest BCUT2D eigenvalue weighted by molar-refractivity contribution is 7.88. The number of ether oxygens (including phenoxy) is 3. The van der Waals surface area contributed by atoms with Crippen LogP contribution in [0.5, 0.6) is 5.75 Å². The Morgan fingerprint density at radius 1 is 1.00 bits per heavy atom. The predicted octanol–water partition coefficient (Wildman–Crippen LogP) is 5.75. The molecule has 3 amide bonds. The Morgan fingerprint density at radius 3 is 2.33 bits per heavy atom. The number of para-hydroxylation sites is 1. The van der Waals surface area contributed by atoms with Crippen LogP contribution in [0.25, 0.3) is 0 Å². The summed E-state index contributed by atoms with van der Waals surface area (Å²) < 4.78 is 56.8. The van der Waals surface area contributed by atoms with Crippen molar-refractivity contribution in [2.75, 3.05) is 38.4 Å². The highest BCUT2D eigenvalue weighted by atomic mass is 32.2. The van der Waals surface area contributed by atoms with Crippen LogP contribution in [0.15, 0.2) is 60.0 Å². The molecule has 3 heterocycles. The van der Waals surface area contributed by atoms with Crippen molar-refractivity contribution in [3.05, 3.63) is 76.8 Å². The summed E-state index contributed by atoms with van der Waals surface area (Å²) >= 11 is 1.03. The lowest BCUT2D eigenvalue weighted by molar-refractivity contribution is -0.199. The smallest absolute Gasteiger partial charge is 0.489 e. The van der Waals surface area contributed by atoms with Gasteiger partial charge in [0, 0.05) is 24.4 Å². The van der Waals surface area contributed by atoms with Crippen molar-refractivity contribution >= 4 is 57.5 Å². The fraction of sp³-hybridized carbons (Fsp3) is 0.568. The Morgan fingerprint density at radius 2 is 1.68 bits per heavy atom. The maximum absolute atomic E-state index is 15.2. The number of methoxy groups -OCH3 is 1. The number of amides is 3. The van der Waals surface area contributed by atoms with Gasteiger partial charge in [0.05, 0.1) is 30.8 Å². The van der Waals surface area contributed by atoms with E-state index in [9.17, 15) is 22.8 Å². The summed E-state index contributed by atoms with van der Waals surface area (Å²) in [4.78, 5) is 60.6. The first kappa shape index (κ1) is 46.4. The second-order valence-corrected chi connectivity index (χ2v) is 21.8. The topological polar surface area (TPSA) is 201 Å². The third kappa shape index (κ3) is 9.35. The van der Waals surface area contributed by atoms with Crippen LogP contribution < -0.4 is 20.7 Å². The van der Waals surface area contributed by atoms with Gasteiger partial charge < -0.3 is 34.2 Å². The van der Waals surface area contributed by atoms with Gasteiger partial charge >= 0.3 is 19.2 Å². The van der Waals surface area contributed by atoms with E-state index in [4.69, 9.17) is 23.5 Å². The van der Waals surface area contributed by atoms with Crippen LogP contribution in [0.1, 0.15) is 94.9 Å². The van der Waals surface area contributed by atoms with E-state index in [0.717, 1.165) is 36.0 Å². The molecule has 8 rings (SSSR count). The SMILES string of the molecule is COc1ccccc1C(=O)OC[C@@](NC(=O)C(NC(=O)C1CCN(S(C)(=O)=O)CC1)c1csc(NC(=O)OCc2ccccc2)n1)(B1OC2CC3CC(C3(C)C)[C@]2(C)O1)C(C)(C)C. The Bertz CT molecular complexity index is 2300. The average molecular weight is 908 g/mol. The van der Waals surface area contributed by atoms with Crippen molar-refractivity contribution in [2.24, 2.45) is 28.6 Å². The van der Waals surface area contributed by atoms with Crippen LogP contribution in [0.2, 0.25) is 0 Å². The molecular weight excluding hydrogens is 849 g/mol. The number of rotatable bonds is 14. The van der Waals surface area contributed by atoms with Crippen molar-refractivity contribution < 1.29 is 51.1 Å². The molecule has 3 aromatic rings. The number of piperidine rings is 1. The first-order chi connectivity index (χ1) is 29.7. The fourth-order valence-corrected chi connectivity index (χ4v) is 11.3. The first-order valence-electron chi connectivity index (χ1n) is 21.3. The lowest BCUT2D eigenvalue weighted by Crippen LogP contribution is -2.71. The molecule has 19 heteroatoms. The molecule has 63 heavy (non-hydrogen) atoms. The lowest BCUT2D eigenvalue weighted by atomic mass is 9.43. The molecule has 0 spiro atoms. The van der Waals surface area contributed by atoms with Gasteiger partial charge in [-0.1, -0.05) is 77.1 Å². The zero-order valence-corrected chi connectivity index (χ0v) is 38.7. The molecule has 4 unspecified atom stereocenters. The maximum atomic E-state index is 15.2. The van der Waals surface area contributed by atoms with Gasteiger partial charge in [-0.05, 0) is 73.0 Å². The first-order valence-corrected chi connectivity index (χ1v) is 24.0. The Kier molecular flexibility index (Phi) is 13.1. The molecule has 6 atom stereocenters. The van der Waals surface area contributed by atoms with E-state index in [0.29, 0.717) is 11.7 Å². The van der Waals surface area contributed by atoms with Gasteiger partial charge in [0.1, 0.15) is 30.0 Å². The number of anilines is 1. The molecule has 5 fully saturated rings. The van der Waals surface area contributed by atoms with E-state index in [1.165, 1.54) is 11.4 Å². The third-order valence-electron chi connectivity index (χ3n) is 13.9. The number of benzene rings is 2. The molecule has 2 saturated heterocycles. The number of thiazole rings is 1. The number of hydrogen-bond donors (Lipinski definition) is 3. The lowest BCUT2D eigenvalue weighted by Gasteiger charge is -2.64. The zero-order valence-electron chi connectivity index (χ0n) is 37.1. The maximum Gasteiger partial charge on any atom is 0.489 e. The van der Waals surface area contributed by atoms with E-state index in [-0.39, 0.29) is 66.4 Å². The van der Waals surface area contributed by atoms with Crippen molar-refractivity contribution in [3.8, 4) is 5.75 Å². The van der Waals surface area contributed by atoms with E-state index >= 15 is 4.79 Å². The van der Waals surface area contributed by atoms with E-state index in [1.807, 2.05) is 51.1 Å². The number of carbonyl (C=O) groups is 4. The molecule has 5 aliphatic rings. The second kappa shape index (κ2) is 17.8. The summed E-state index contributed by atoms with van der Waals surface area (Å²) in [5.74, 6) is -1.59. The number of hydrogen-bond acceptors (Lipinski definition) is 13. The summed E-state index contributed by atoms with van der Waals surface area (Å²) in [7, 11) is -3.11. The Labute approximate surface area is 373 Å². The number of sulfonamides is 1. The van der Waals surface area contributed by atoms with Crippen molar-refractivity contribution in [2.45, 2.75) is 97.0 Å². The van der Waals surface area contributed by atoms with Crippen molar-refractivity contribution in [1.29, 1.82) is 0 Å². The van der Waals surface area contributed by atoms with Crippen molar-refractivity contribution in [3.63, 3.8) is 0 Å². The zero-order chi connectivity index (χ0) is 45.5. The molecule has 0 radical (unpaired) electrons. The standard InChI is InChI=1S/C44H58BN5O11S2/c1-41(2,3)44(26-59-38(53)30-16-12-13-17-32(30)57-7,45-60-34-23-29-22-33(42(29,4)5)43(34,6)61-45)49-37(52)35(47-36(51)28-18-20-50(21-19-28)63(8,55)56)31-25-62-39(46-31)48-40(54)58-24-27-14-10-9-11-15-27/h9-17,25,28-29,33-35H,18-24,26H2,1-8H3,(H,47,51)(H,49,52)(H,46,48,54)/t29?,33?,34?,35?,43-,44-/m0/s1. The van der Waals surface area contributed by atoms with Gasteiger partial charge in [-0.3, -0.25) is 14.9 Å². The molecule has 1 aromatic heterocycles. The monoisotopic (exact) mass is 907 g/mol. The van der Waals surface area contributed by atoms with E-state index in [2.05, 4.69) is 41.7 Å². The molecule has 340 valence electrons. The van der Waals surface area contributed by atoms with E-state index < -0.39 is 76.0 Å². The van der Waals surface area contributed by atoms with Crippen LogP contribution in [-0.2, 0) is 45.0 Å². The minimum absolute atomic E-state index is 0.00461. The van der Waals surface area contributed by atoms with Crippen molar-refractivity contribution in [1.82, 2.24) is 19.9 Å². The minimum atomic E-state index is -3.46. The molecule has 2 aromatic carbocycles. The van der Waals surface area contributed by atoms with E-state index in [1.54, 1.807) is 29.6 Å². The third-order valence-corrected chi connectivity index (χ3v) is 16.0. The average Bonchev–Trinajstić information content (AvgIpc) is 3.86. The molecule has 3 N–H and O–H groups in total. The van der Waals surface area contributed by atoms with Gasteiger partial charge in [-0.25, -0.2) is 27.3 Å². The summed E-state index contributed by atoms with van der Waals surface area (Å²) in [5.41, 5.74) is -2.12. The molecular formula is C44H58BN5O11S2.